The lowest BCUT2D eigenvalue weighted by atomic mass is 9.96. The highest BCUT2D eigenvalue weighted by atomic mass is 35.5. The van der Waals surface area contributed by atoms with E-state index < -0.39 is 5.82 Å². The largest absolute Gasteiger partial charge is 0.472 e. The number of rotatable bonds is 5. The van der Waals surface area contributed by atoms with Gasteiger partial charge >= 0.3 is 0 Å². The normalized spacial score (nSPS) is 22.5. The number of carbonyl (C=O) groups excluding carboxylic acids is 1. The molecule has 3 aromatic carbocycles. The number of piperazine rings is 1. The molecule has 1 N–H and O–H groups in total. The molecule has 4 aromatic rings. The first kappa shape index (κ1) is 31.3. The molecule has 0 saturated carbocycles. The molecule has 3 fully saturated rings. The van der Waals surface area contributed by atoms with Gasteiger partial charge in [-0.2, -0.15) is 0 Å². The average molecular weight is 694 g/mol. The zero-order valence-electron chi connectivity index (χ0n) is 26.6. The molecule has 2 unspecified atom stereocenters. The third-order valence-electron chi connectivity index (χ3n) is 10.0. The minimum atomic E-state index is -0.436. The van der Waals surface area contributed by atoms with Crippen molar-refractivity contribution >= 4 is 40.5 Å². The monoisotopic (exact) mass is 692 g/mol. The molecule has 4 aliphatic rings. The molecule has 1 amide bonds. The Balaban J connectivity index is 1.10. The summed E-state index contributed by atoms with van der Waals surface area (Å²) in [5, 5.41) is 14.9. The maximum Gasteiger partial charge on any atom is 0.259 e. The molecule has 0 aliphatic carbocycles. The molecule has 48 heavy (non-hydrogen) atoms. The number of tetrazole rings is 1. The fourth-order valence-corrected chi connectivity index (χ4v) is 8.33. The highest BCUT2D eigenvalue weighted by molar-refractivity contribution is 6.40. The van der Waals surface area contributed by atoms with Gasteiger partial charge in [0.05, 0.1) is 47.5 Å². The first-order valence-electron chi connectivity index (χ1n) is 16.2. The lowest BCUT2D eigenvalue weighted by Crippen LogP contribution is -2.50. The number of carbonyl (C=O) groups is 1. The minimum Gasteiger partial charge on any atom is -0.472 e. The molecule has 0 spiro atoms. The molecule has 0 radical (unpaired) electrons. The van der Waals surface area contributed by atoms with Crippen LogP contribution in [0.3, 0.4) is 0 Å². The number of amides is 1. The van der Waals surface area contributed by atoms with E-state index in [-0.39, 0.29) is 42.9 Å². The van der Waals surface area contributed by atoms with Crippen molar-refractivity contribution in [2.45, 2.75) is 44.4 Å². The van der Waals surface area contributed by atoms with E-state index in [1.807, 2.05) is 36.4 Å². The van der Waals surface area contributed by atoms with Crippen molar-refractivity contribution in [3.63, 3.8) is 0 Å². The van der Waals surface area contributed by atoms with E-state index in [1.165, 1.54) is 6.07 Å². The third kappa shape index (κ3) is 5.44. The van der Waals surface area contributed by atoms with Crippen LogP contribution in [0.4, 0.5) is 15.8 Å². The zero-order valence-corrected chi connectivity index (χ0v) is 28.1. The standard InChI is InChI=1S/C34H35Cl2FN8O3/c1-19-14-42(2)8-9-44(19)23-10-27(35)31(28(36)11-23)34(46)43-15-20-4-3-5-24(32(20)48-18-43)25-13-30(45-21-6-7-22(45)17-47-16-21)26(12-29(25)37)33-38-40-41-39-33/h3-5,10-13,19,21-22H,6-9,14-18H2,1-2H3,(H,38,39,40,41)/t19-,21?,22?/m1/s1. The Hall–Kier alpha value is -3.97. The summed E-state index contributed by atoms with van der Waals surface area (Å²) in [6.07, 6.45) is 1.98. The zero-order chi connectivity index (χ0) is 33.1. The molecule has 3 atom stereocenters. The average Bonchev–Trinajstić information content (AvgIpc) is 3.69. The van der Waals surface area contributed by atoms with E-state index in [1.54, 1.807) is 4.90 Å². The number of para-hydroxylation sites is 1. The van der Waals surface area contributed by atoms with Gasteiger partial charge in [-0.25, -0.2) is 9.49 Å². The van der Waals surface area contributed by atoms with Gasteiger partial charge in [-0.05, 0) is 61.5 Å². The van der Waals surface area contributed by atoms with E-state index in [9.17, 15) is 4.79 Å². The van der Waals surface area contributed by atoms with E-state index in [2.05, 4.69) is 49.3 Å². The van der Waals surface area contributed by atoms with Crippen LogP contribution in [-0.4, -0.2) is 101 Å². The Labute approximate surface area is 287 Å². The first-order chi connectivity index (χ1) is 23.3. The van der Waals surface area contributed by atoms with Gasteiger partial charge in [0, 0.05) is 59.3 Å². The molecule has 8 rings (SSSR count). The molecule has 2 bridgehead atoms. The highest BCUT2D eigenvalue weighted by Gasteiger charge is 2.39. The van der Waals surface area contributed by atoms with Crippen molar-refractivity contribution in [2.75, 3.05) is 56.4 Å². The molecule has 1 aromatic heterocycles. The number of morpholine rings is 1. The number of halogens is 3. The molecular formula is C34H35Cl2FN8O3. The fourth-order valence-electron chi connectivity index (χ4n) is 7.69. The Morgan fingerprint density at radius 1 is 1.02 bits per heavy atom. The van der Waals surface area contributed by atoms with Crippen LogP contribution in [-0.2, 0) is 11.3 Å². The molecule has 14 heteroatoms. The van der Waals surface area contributed by atoms with Crippen molar-refractivity contribution in [2.24, 2.45) is 0 Å². The lowest BCUT2D eigenvalue weighted by molar-refractivity contribution is 0.0516. The van der Waals surface area contributed by atoms with Gasteiger partial charge < -0.3 is 29.1 Å². The van der Waals surface area contributed by atoms with Gasteiger partial charge in [-0.3, -0.25) is 4.79 Å². The predicted molar refractivity (Wildman–Crippen MR) is 181 cm³/mol. The quantitative estimate of drug-likeness (QED) is 0.291. The summed E-state index contributed by atoms with van der Waals surface area (Å²) in [5.41, 5.74) is 4.29. The summed E-state index contributed by atoms with van der Waals surface area (Å²) in [4.78, 5) is 22.3. The smallest absolute Gasteiger partial charge is 0.259 e. The lowest BCUT2D eigenvalue weighted by Gasteiger charge is -2.40. The van der Waals surface area contributed by atoms with Crippen LogP contribution in [0.5, 0.6) is 5.75 Å². The molecule has 5 heterocycles. The van der Waals surface area contributed by atoms with Gasteiger partial charge in [0.1, 0.15) is 11.6 Å². The number of hydrogen-bond acceptors (Lipinski definition) is 9. The molecule has 250 valence electrons. The van der Waals surface area contributed by atoms with Crippen LogP contribution in [0.25, 0.3) is 22.5 Å². The van der Waals surface area contributed by atoms with Crippen molar-refractivity contribution in [3.8, 4) is 28.3 Å². The van der Waals surface area contributed by atoms with Crippen LogP contribution in [0.1, 0.15) is 35.7 Å². The molecule has 3 saturated heterocycles. The topological polar surface area (TPSA) is 103 Å². The number of likely N-dealkylation sites (N-methyl/N-ethyl adjacent to an activating group) is 1. The molecular weight excluding hydrogens is 658 g/mol. The van der Waals surface area contributed by atoms with Crippen molar-refractivity contribution < 1.29 is 18.7 Å². The van der Waals surface area contributed by atoms with Crippen LogP contribution < -0.4 is 14.5 Å². The number of fused-ring (bicyclic) bond motifs is 3. The Morgan fingerprint density at radius 3 is 2.50 bits per heavy atom. The number of nitrogens with one attached hydrogen (secondary N) is 1. The number of ether oxygens (including phenoxy) is 2. The Bertz CT molecular complexity index is 1840. The first-order valence-corrected chi connectivity index (χ1v) is 16.9. The van der Waals surface area contributed by atoms with E-state index >= 15 is 4.39 Å². The van der Waals surface area contributed by atoms with Gasteiger partial charge in [-0.1, -0.05) is 41.4 Å². The Kier molecular flexibility index (Phi) is 8.14. The summed E-state index contributed by atoms with van der Waals surface area (Å²) in [6, 6.07) is 13.2. The number of benzene rings is 3. The second-order valence-electron chi connectivity index (χ2n) is 13.1. The Morgan fingerprint density at radius 2 is 1.79 bits per heavy atom. The van der Waals surface area contributed by atoms with E-state index in [4.69, 9.17) is 32.7 Å². The predicted octanol–water partition coefficient (Wildman–Crippen LogP) is 5.48. The summed E-state index contributed by atoms with van der Waals surface area (Å²) in [6.45, 7) is 6.27. The summed E-state index contributed by atoms with van der Waals surface area (Å²) in [5.74, 6) is 0.155. The van der Waals surface area contributed by atoms with Gasteiger partial charge in [-0.15, -0.1) is 5.10 Å². The van der Waals surface area contributed by atoms with Gasteiger partial charge in [0.15, 0.2) is 12.6 Å². The van der Waals surface area contributed by atoms with Crippen molar-refractivity contribution in [1.29, 1.82) is 0 Å². The highest BCUT2D eigenvalue weighted by Crippen LogP contribution is 2.45. The number of aromatic amines is 1. The second kappa shape index (κ2) is 12.5. The number of hydrogen-bond donors (Lipinski definition) is 1. The van der Waals surface area contributed by atoms with Crippen molar-refractivity contribution in [1.82, 2.24) is 30.4 Å². The van der Waals surface area contributed by atoms with Crippen LogP contribution in [0.2, 0.25) is 10.0 Å². The summed E-state index contributed by atoms with van der Waals surface area (Å²) < 4.78 is 28.2. The molecule has 11 nitrogen and oxygen atoms in total. The van der Waals surface area contributed by atoms with Gasteiger partial charge in [0.2, 0.25) is 0 Å². The number of aromatic nitrogens is 4. The molecule has 4 aliphatic heterocycles. The number of nitrogens with zero attached hydrogens (tertiary/aromatic N) is 7. The maximum absolute atomic E-state index is 16.1. The maximum atomic E-state index is 16.1. The van der Waals surface area contributed by atoms with Crippen LogP contribution in [0, 0.1) is 5.82 Å². The second-order valence-corrected chi connectivity index (χ2v) is 13.9. The number of H-pyrrole nitrogens is 1. The van der Waals surface area contributed by atoms with E-state index in [0.29, 0.717) is 51.5 Å². The van der Waals surface area contributed by atoms with E-state index in [0.717, 1.165) is 49.4 Å². The fraction of sp³-hybridized carbons (Fsp3) is 0.412. The van der Waals surface area contributed by atoms with Crippen molar-refractivity contribution in [3.05, 3.63) is 69.5 Å². The minimum absolute atomic E-state index is 0.0450. The number of anilines is 2. The van der Waals surface area contributed by atoms with Crippen LogP contribution in [0.15, 0.2) is 42.5 Å². The summed E-state index contributed by atoms with van der Waals surface area (Å²) in [7, 11) is 2.10. The van der Waals surface area contributed by atoms with Gasteiger partial charge in [0.25, 0.3) is 5.91 Å². The van der Waals surface area contributed by atoms with Crippen LogP contribution >= 0.6 is 23.2 Å². The SMILES string of the molecule is C[C@@H]1CN(C)CCN1c1cc(Cl)c(C(=O)N2COc3c(cccc3-c3cc(N4C5CCC4COC5)c(-c4nnn[nH]4)cc3F)C2)c(Cl)c1. The summed E-state index contributed by atoms with van der Waals surface area (Å²) >= 11 is 13.5. The third-order valence-corrected chi connectivity index (χ3v) is 10.6.